The zero-order chi connectivity index (χ0) is 20.4. The minimum absolute atomic E-state index is 0.236. The Morgan fingerprint density at radius 3 is 2.55 bits per heavy atom. The molecule has 8 heteroatoms. The van der Waals surface area contributed by atoms with Gasteiger partial charge in [-0.3, -0.25) is 4.90 Å². The molecule has 0 radical (unpaired) electrons. The third-order valence-corrected chi connectivity index (χ3v) is 4.83. The lowest BCUT2D eigenvalue weighted by Gasteiger charge is -2.19. The van der Waals surface area contributed by atoms with Crippen LogP contribution in [0.4, 0.5) is 13.2 Å². The Morgan fingerprint density at radius 2 is 1.86 bits per heavy atom. The lowest BCUT2D eigenvalue weighted by atomic mass is 10.0. The van der Waals surface area contributed by atoms with Crippen LogP contribution >= 0.6 is 0 Å². The van der Waals surface area contributed by atoms with E-state index in [1.807, 2.05) is 36.0 Å². The van der Waals surface area contributed by atoms with Gasteiger partial charge in [0.2, 0.25) is 0 Å². The molecule has 0 N–H and O–H groups in total. The number of benzene rings is 2. The number of aromatic nitrogens is 2. The van der Waals surface area contributed by atoms with Crippen molar-refractivity contribution in [2.24, 2.45) is 7.05 Å². The number of imidazole rings is 1. The standard InChI is InChI=1S/C21H20F3N3O2/c1-26-9-8-25-20(26)14-27-10-11-28-19-7-4-16(12-17(19)13-27)15-2-5-18(6-3-15)29-21(22,23)24/h2-9,12H,10-11,13-14H2,1H3. The van der Waals surface area contributed by atoms with Crippen LogP contribution in [-0.2, 0) is 20.1 Å². The fraction of sp³-hybridized carbons (Fsp3) is 0.286. The summed E-state index contributed by atoms with van der Waals surface area (Å²) in [5.41, 5.74) is 2.75. The van der Waals surface area contributed by atoms with E-state index in [2.05, 4.69) is 14.6 Å². The summed E-state index contributed by atoms with van der Waals surface area (Å²) in [4.78, 5) is 6.65. The second kappa shape index (κ2) is 7.79. The van der Waals surface area contributed by atoms with Gasteiger partial charge in [-0.1, -0.05) is 18.2 Å². The number of halogens is 3. The fourth-order valence-electron chi connectivity index (χ4n) is 3.36. The van der Waals surface area contributed by atoms with E-state index in [0.717, 1.165) is 34.8 Å². The highest BCUT2D eigenvalue weighted by Crippen LogP contribution is 2.31. The molecule has 0 aliphatic carbocycles. The van der Waals surface area contributed by atoms with Crippen LogP contribution < -0.4 is 9.47 Å². The Labute approximate surface area is 166 Å². The van der Waals surface area contributed by atoms with Crippen LogP contribution in [0.15, 0.2) is 54.9 Å². The first kappa shape index (κ1) is 19.3. The van der Waals surface area contributed by atoms with Crippen LogP contribution in [-0.4, -0.2) is 34.0 Å². The number of alkyl halides is 3. The Kier molecular flexibility index (Phi) is 5.19. The van der Waals surface area contributed by atoms with E-state index in [0.29, 0.717) is 19.7 Å². The summed E-state index contributed by atoms with van der Waals surface area (Å²) in [5, 5.41) is 0. The Bertz CT molecular complexity index is 984. The quantitative estimate of drug-likeness (QED) is 0.648. The van der Waals surface area contributed by atoms with Gasteiger partial charge in [0, 0.05) is 38.1 Å². The van der Waals surface area contributed by atoms with Gasteiger partial charge in [0.25, 0.3) is 0 Å². The number of ether oxygens (including phenoxy) is 2. The van der Waals surface area contributed by atoms with E-state index in [1.54, 1.807) is 18.3 Å². The van der Waals surface area contributed by atoms with E-state index < -0.39 is 6.36 Å². The number of fused-ring (bicyclic) bond motifs is 1. The summed E-state index contributed by atoms with van der Waals surface area (Å²) in [5.74, 6) is 1.57. The topological polar surface area (TPSA) is 39.5 Å². The molecule has 1 aliphatic heterocycles. The van der Waals surface area contributed by atoms with E-state index in [9.17, 15) is 13.2 Å². The monoisotopic (exact) mass is 403 g/mol. The number of hydrogen-bond donors (Lipinski definition) is 0. The maximum absolute atomic E-state index is 12.3. The normalized spacial score (nSPS) is 14.8. The molecule has 0 atom stereocenters. The summed E-state index contributed by atoms with van der Waals surface area (Å²) >= 11 is 0. The molecule has 5 nitrogen and oxygen atoms in total. The molecule has 2 aromatic carbocycles. The molecule has 0 unspecified atom stereocenters. The van der Waals surface area contributed by atoms with Crippen molar-refractivity contribution in [2.75, 3.05) is 13.2 Å². The molecule has 4 rings (SSSR count). The molecule has 0 saturated heterocycles. The molecule has 0 amide bonds. The first-order valence-corrected chi connectivity index (χ1v) is 9.18. The third-order valence-electron chi connectivity index (χ3n) is 4.83. The molecule has 0 spiro atoms. The molecule has 29 heavy (non-hydrogen) atoms. The van der Waals surface area contributed by atoms with Crippen molar-refractivity contribution in [3.63, 3.8) is 0 Å². The molecular formula is C21H20F3N3O2. The smallest absolute Gasteiger partial charge is 0.492 e. The molecular weight excluding hydrogens is 383 g/mol. The largest absolute Gasteiger partial charge is 0.573 e. The highest BCUT2D eigenvalue weighted by molar-refractivity contribution is 5.66. The zero-order valence-electron chi connectivity index (χ0n) is 15.8. The summed E-state index contributed by atoms with van der Waals surface area (Å²) < 4.78 is 48.8. The van der Waals surface area contributed by atoms with Crippen LogP contribution in [0.2, 0.25) is 0 Å². The summed E-state index contributed by atoms with van der Waals surface area (Å²) in [6.07, 6.45) is -0.997. The van der Waals surface area contributed by atoms with Crippen LogP contribution in [0.3, 0.4) is 0 Å². The van der Waals surface area contributed by atoms with Crippen molar-refractivity contribution >= 4 is 0 Å². The Morgan fingerprint density at radius 1 is 1.10 bits per heavy atom. The van der Waals surface area contributed by atoms with Gasteiger partial charge in [-0.05, 0) is 35.4 Å². The highest BCUT2D eigenvalue weighted by Gasteiger charge is 2.31. The van der Waals surface area contributed by atoms with Gasteiger partial charge in [-0.2, -0.15) is 0 Å². The van der Waals surface area contributed by atoms with E-state index in [4.69, 9.17) is 4.74 Å². The van der Waals surface area contributed by atoms with Gasteiger partial charge < -0.3 is 14.0 Å². The van der Waals surface area contributed by atoms with Crippen molar-refractivity contribution in [1.29, 1.82) is 0 Å². The molecule has 3 aromatic rings. The molecule has 0 bridgehead atoms. The summed E-state index contributed by atoms with van der Waals surface area (Å²) in [6.45, 7) is 2.77. The molecule has 0 saturated carbocycles. The SMILES string of the molecule is Cn1ccnc1CN1CCOc2ccc(-c3ccc(OC(F)(F)F)cc3)cc2C1. The van der Waals surface area contributed by atoms with Crippen molar-refractivity contribution < 1.29 is 22.6 Å². The van der Waals surface area contributed by atoms with Crippen LogP contribution in [0.25, 0.3) is 11.1 Å². The van der Waals surface area contributed by atoms with E-state index in [-0.39, 0.29) is 5.75 Å². The molecule has 152 valence electrons. The van der Waals surface area contributed by atoms with Crippen molar-refractivity contribution in [3.05, 3.63) is 66.2 Å². The molecule has 1 aliphatic rings. The first-order chi connectivity index (χ1) is 13.9. The molecule has 2 heterocycles. The lowest BCUT2D eigenvalue weighted by Crippen LogP contribution is -2.26. The Hall–Kier alpha value is -3.00. The fourth-order valence-corrected chi connectivity index (χ4v) is 3.36. The van der Waals surface area contributed by atoms with Crippen LogP contribution in [0.1, 0.15) is 11.4 Å². The van der Waals surface area contributed by atoms with Gasteiger partial charge in [0.1, 0.15) is 23.9 Å². The minimum Gasteiger partial charge on any atom is -0.492 e. The van der Waals surface area contributed by atoms with Gasteiger partial charge in [-0.25, -0.2) is 4.98 Å². The van der Waals surface area contributed by atoms with Crippen molar-refractivity contribution in [1.82, 2.24) is 14.5 Å². The average molecular weight is 403 g/mol. The van der Waals surface area contributed by atoms with Gasteiger partial charge in [0.05, 0.1) is 6.54 Å². The second-order valence-electron chi connectivity index (χ2n) is 6.91. The first-order valence-electron chi connectivity index (χ1n) is 9.18. The summed E-state index contributed by atoms with van der Waals surface area (Å²) in [6, 6.07) is 11.7. The molecule has 1 aromatic heterocycles. The van der Waals surface area contributed by atoms with Crippen molar-refractivity contribution in [3.8, 4) is 22.6 Å². The second-order valence-corrected chi connectivity index (χ2v) is 6.91. The predicted octanol–water partition coefficient (Wildman–Crippen LogP) is 4.38. The molecule has 0 fully saturated rings. The number of hydrogen-bond acceptors (Lipinski definition) is 4. The zero-order valence-corrected chi connectivity index (χ0v) is 15.8. The predicted molar refractivity (Wildman–Crippen MR) is 101 cm³/mol. The third kappa shape index (κ3) is 4.71. The lowest BCUT2D eigenvalue weighted by molar-refractivity contribution is -0.274. The van der Waals surface area contributed by atoms with Gasteiger partial charge in [0.15, 0.2) is 0 Å². The number of nitrogens with zero attached hydrogens (tertiary/aromatic N) is 3. The Balaban J connectivity index is 1.54. The minimum atomic E-state index is -4.69. The van der Waals surface area contributed by atoms with E-state index in [1.165, 1.54) is 12.1 Å². The van der Waals surface area contributed by atoms with Gasteiger partial charge in [-0.15, -0.1) is 13.2 Å². The van der Waals surface area contributed by atoms with Gasteiger partial charge >= 0.3 is 6.36 Å². The maximum atomic E-state index is 12.3. The van der Waals surface area contributed by atoms with Crippen molar-refractivity contribution in [2.45, 2.75) is 19.5 Å². The van der Waals surface area contributed by atoms with Crippen LogP contribution in [0.5, 0.6) is 11.5 Å². The average Bonchev–Trinajstić information content (AvgIpc) is 2.95. The highest BCUT2D eigenvalue weighted by atomic mass is 19.4. The number of rotatable bonds is 4. The maximum Gasteiger partial charge on any atom is 0.573 e. The van der Waals surface area contributed by atoms with E-state index >= 15 is 0 Å². The number of aryl methyl sites for hydroxylation is 1. The van der Waals surface area contributed by atoms with Crippen LogP contribution in [0, 0.1) is 0 Å². The summed E-state index contributed by atoms with van der Waals surface area (Å²) in [7, 11) is 1.97.